The minimum absolute atomic E-state index is 0.0205. The molecule has 19 heavy (non-hydrogen) atoms. The van der Waals surface area contributed by atoms with E-state index in [0.29, 0.717) is 19.1 Å². The highest BCUT2D eigenvalue weighted by atomic mass is 16.4. The first-order valence-electron chi connectivity index (χ1n) is 6.20. The van der Waals surface area contributed by atoms with Crippen molar-refractivity contribution < 1.29 is 14.7 Å². The minimum atomic E-state index is -0.990. The van der Waals surface area contributed by atoms with Gasteiger partial charge >= 0.3 is 5.97 Å². The van der Waals surface area contributed by atoms with Crippen LogP contribution in [-0.4, -0.2) is 46.5 Å². The molecule has 2 rings (SSSR count). The Labute approximate surface area is 111 Å². The van der Waals surface area contributed by atoms with Gasteiger partial charge in [0.25, 0.3) is 0 Å². The van der Waals surface area contributed by atoms with Gasteiger partial charge in [-0.25, -0.2) is 4.79 Å². The molecule has 0 aromatic carbocycles. The number of pyridine rings is 1. The summed E-state index contributed by atoms with van der Waals surface area (Å²) in [5, 5.41) is 11.7. The van der Waals surface area contributed by atoms with Crippen LogP contribution in [0.3, 0.4) is 0 Å². The van der Waals surface area contributed by atoms with Crippen LogP contribution in [0.25, 0.3) is 0 Å². The Balaban J connectivity index is 1.81. The van der Waals surface area contributed by atoms with Crippen LogP contribution in [0.1, 0.15) is 28.9 Å². The Bertz CT molecular complexity index is 469. The first kappa shape index (κ1) is 13.5. The Kier molecular flexibility index (Phi) is 4.11. The molecule has 1 fully saturated rings. The standard InChI is InChI=1S/C13H17N3O3/c1-16(8-12(17)15-10-4-5-10)7-11-3-2-9(6-14-11)13(18)19/h2-3,6,10H,4-5,7-8H2,1H3,(H,15,17)(H,18,19). The first-order chi connectivity index (χ1) is 9.04. The third kappa shape index (κ3) is 4.33. The highest BCUT2D eigenvalue weighted by Gasteiger charge is 2.23. The van der Waals surface area contributed by atoms with Crippen molar-refractivity contribution in [3.8, 4) is 0 Å². The third-order valence-electron chi connectivity index (χ3n) is 2.86. The number of carbonyl (C=O) groups excluding carboxylic acids is 1. The molecular weight excluding hydrogens is 246 g/mol. The summed E-state index contributed by atoms with van der Waals surface area (Å²) < 4.78 is 0. The summed E-state index contributed by atoms with van der Waals surface area (Å²) in [5.74, 6) is -0.969. The number of nitrogens with zero attached hydrogens (tertiary/aromatic N) is 2. The normalized spacial score (nSPS) is 14.4. The van der Waals surface area contributed by atoms with E-state index in [2.05, 4.69) is 10.3 Å². The number of nitrogens with one attached hydrogen (secondary N) is 1. The van der Waals surface area contributed by atoms with Gasteiger partial charge in [0.05, 0.1) is 17.8 Å². The number of amides is 1. The van der Waals surface area contributed by atoms with Crippen molar-refractivity contribution in [3.63, 3.8) is 0 Å². The van der Waals surface area contributed by atoms with Crippen LogP contribution in [0.15, 0.2) is 18.3 Å². The number of carbonyl (C=O) groups is 2. The van der Waals surface area contributed by atoms with Crippen LogP contribution >= 0.6 is 0 Å². The van der Waals surface area contributed by atoms with Crippen LogP contribution in [0, 0.1) is 0 Å². The molecule has 1 aliphatic carbocycles. The Hall–Kier alpha value is -1.95. The van der Waals surface area contributed by atoms with Crippen molar-refractivity contribution in [2.45, 2.75) is 25.4 Å². The van der Waals surface area contributed by atoms with Crippen LogP contribution in [-0.2, 0) is 11.3 Å². The van der Waals surface area contributed by atoms with Gasteiger partial charge in [0.15, 0.2) is 0 Å². The second-order valence-electron chi connectivity index (χ2n) is 4.86. The lowest BCUT2D eigenvalue weighted by molar-refractivity contribution is -0.122. The van der Waals surface area contributed by atoms with Crippen molar-refractivity contribution in [2.75, 3.05) is 13.6 Å². The molecule has 1 amide bonds. The van der Waals surface area contributed by atoms with Crippen molar-refractivity contribution >= 4 is 11.9 Å². The van der Waals surface area contributed by atoms with Gasteiger partial charge in [-0.1, -0.05) is 0 Å². The molecule has 1 saturated carbocycles. The van der Waals surface area contributed by atoms with Gasteiger partial charge in [-0.15, -0.1) is 0 Å². The van der Waals surface area contributed by atoms with Gasteiger partial charge in [0, 0.05) is 18.8 Å². The fourth-order valence-electron chi connectivity index (χ4n) is 1.72. The van der Waals surface area contributed by atoms with Crippen LogP contribution in [0.5, 0.6) is 0 Å². The summed E-state index contributed by atoms with van der Waals surface area (Å²) in [5.41, 5.74) is 0.907. The van der Waals surface area contributed by atoms with Crippen LogP contribution < -0.4 is 5.32 Å². The van der Waals surface area contributed by atoms with Gasteiger partial charge in [-0.2, -0.15) is 0 Å². The second kappa shape index (κ2) is 5.79. The molecule has 0 aliphatic heterocycles. The second-order valence-corrected chi connectivity index (χ2v) is 4.86. The fraction of sp³-hybridized carbons (Fsp3) is 0.462. The average molecular weight is 263 g/mol. The zero-order valence-corrected chi connectivity index (χ0v) is 10.8. The van der Waals surface area contributed by atoms with E-state index in [4.69, 9.17) is 5.11 Å². The van der Waals surface area contributed by atoms with Gasteiger partial charge < -0.3 is 10.4 Å². The topological polar surface area (TPSA) is 82.5 Å². The van der Waals surface area contributed by atoms with E-state index in [9.17, 15) is 9.59 Å². The van der Waals surface area contributed by atoms with Crippen molar-refractivity contribution in [1.29, 1.82) is 0 Å². The zero-order chi connectivity index (χ0) is 13.8. The zero-order valence-electron chi connectivity index (χ0n) is 10.8. The molecule has 102 valence electrons. The molecule has 6 heteroatoms. The molecule has 0 atom stereocenters. The SMILES string of the molecule is CN(CC(=O)NC1CC1)Cc1ccc(C(=O)O)cn1. The molecule has 6 nitrogen and oxygen atoms in total. The van der Waals surface area contributed by atoms with Gasteiger partial charge in [0.1, 0.15) is 0 Å². The fourth-order valence-corrected chi connectivity index (χ4v) is 1.72. The van der Waals surface area contributed by atoms with E-state index in [0.717, 1.165) is 18.5 Å². The summed E-state index contributed by atoms with van der Waals surface area (Å²) >= 11 is 0. The number of carboxylic acid groups (broad SMARTS) is 1. The molecule has 0 spiro atoms. The molecule has 0 bridgehead atoms. The number of hydrogen-bond donors (Lipinski definition) is 2. The summed E-state index contributed by atoms with van der Waals surface area (Å²) in [6, 6.07) is 3.55. The molecular formula is C13H17N3O3. The monoisotopic (exact) mass is 263 g/mol. The number of hydrogen-bond acceptors (Lipinski definition) is 4. The van der Waals surface area contributed by atoms with Gasteiger partial charge in [-0.3, -0.25) is 14.7 Å². The predicted molar refractivity (Wildman–Crippen MR) is 68.7 cm³/mol. The maximum atomic E-state index is 11.6. The van der Waals surface area contributed by atoms with Gasteiger partial charge in [0.2, 0.25) is 5.91 Å². The number of rotatable bonds is 6. The lowest BCUT2D eigenvalue weighted by Gasteiger charge is -2.15. The summed E-state index contributed by atoms with van der Waals surface area (Å²) in [7, 11) is 1.83. The van der Waals surface area contributed by atoms with E-state index in [-0.39, 0.29) is 11.5 Å². The smallest absolute Gasteiger partial charge is 0.337 e. The Morgan fingerprint density at radius 2 is 2.21 bits per heavy atom. The van der Waals surface area contributed by atoms with E-state index >= 15 is 0 Å². The highest BCUT2D eigenvalue weighted by Crippen LogP contribution is 2.18. The van der Waals surface area contributed by atoms with Crippen LogP contribution in [0.4, 0.5) is 0 Å². The lowest BCUT2D eigenvalue weighted by Crippen LogP contribution is -2.36. The molecule has 1 aliphatic rings. The predicted octanol–water partition coefficient (Wildman–Crippen LogP) is 0.490. The molecule has 0 radical (unpaired) electrons. The quantitative estimate of drug-likeness (QED) is 0.780. The van der Waals surface area contributed by atoms with E-state index in [1.807, 2.05) is 11.9 Å². The molecule has 0 saturated heterocycles. The van der Waals surface area contributed by atoms with Crippen molar-refractivity contribution in [1.82, 2.24) is 15.2 Å². The van der Waals surface area contributed by atoms with Gasteiger partial charge in [-0.05, 0) is 32.0 Å². The first-order valence-corrected chi connectivity index (χ1v) is 6.20. The maximum Gasteiger partial charge on any atom is 0.337 e. The molecule has 1 aromatic rings. The van der Waals surface area contributed by atoms with E-state index in [1.54, 1.807) is 6.07 Å². The summed E-state index contributed by atoms with van der Waals surface area (Å²) in [6.45, 7) is 0.830. The summed E-state index contributed by atoms with van der Waals surface area (Å²) in [6.07, 6.45) is 3.48. The van der Waals surface area contributed by atoms with Crippen molar-refractivity contribution in [3.05, 3.63) is 29.6 Å². The maximum absolute atomic E-state index is 11.6. The van der Waals surface area contributed by atoms with Crippen LogP contribution in [0.2, 0.25) is 0 Å². The third-order valence-corrected chi connectivity index (χ3v) is 2.86. The molecule has 1 heterocycles. The van der Waals surface area contributed by atoms with E-state index < -0.39 is 5.97 Å². The minimum Gasteiger partial charge on any atom is -0.478 e. The number of aromatic nitrogens is 1. The molecule has 0 unspecified atom stereocenters. The largest absolute Gasteiger partial charge is 0.478 e. The average Bonchev–Trinajstić information content (AvgIpc) is 3.13. The number of likely N-dealkylation sites (N-methyl/N-ethyl adjacent to an activating group) is 1. The number of aromatic carboxylic acids is 1. The Morgan fingerprint density at radius 3 is 2.74 bits per heavy atom. The summed E-state index contributed by atoms with van der Waals surface area (Å²) in [4.78, 5) is 28.2. The highest BCUT2D eigenvalue weighted by molar-refractivity contribution is 5.87. The van der Waals surface area contributed by atoms with E-state index in [1.165, 1.54) is 12.3 Å². The Morgan fingerprint density at radius 1 is 1.47 bits per heavy atom. The lowest BCUT2D eigenvalue weighted by atomic mass is 10.2. The van der Waals surface area contributed by atoms with Crippen molar-refractivity contribution in [2.24, 2.45) is 0 Å². The number of carboxylic acids is 1. The molecule has 2 N–H and O–H groups in total. The molecule has 1 aromatic heterocycles.